The van der Waals surface area contributed by atoms with E-state index >= 15 is 0 Å². The third-order valence-corrected chi connectivity index (χ3v) is 2.19. The van der Waals surface area contributed by atoms with E-state index < -0.39 is 0 Å². The van der Waals surface area contributed by atoms with Gasteiger partial charge in [0.15, 0.2) is 0 Å². The largest absolute Gasteiger partial charge is 0.392 e. The Labute approximate surface area is 68.5 Å². The molecule has 1 aliphatic heterocycles. The quantitative estimate of drug-likeness (QED) is 0.615. The fourth-order valence-electron chi connectivity index (χ4n) is 1.38. The summed E-state index contributed by atoms with van der Waals surface area (Å²) in [5.41, 5.74) is 1.26. The van der Waals surface area contributed by atoms with Gasteiger partial charge in [0, 0.05) is 19.6 Å². The van der Waals surface area contributed by atoms with E-state index in [1.165, 1.54) is 5.57 Å². The molecule has 0 radical (unpaired) electrons. The summed E-state index contributed by atoms with van der Waals surface area (Å²) in [6, 6.07) is 0. The Hall–Kier alpha value is -0.340. The molecule has 0 aliphatic carbocycles. The average molecular weight is 155 g/mol. The van der Waals surface area contributed by atoms with Crippen LogP contribution in [0.3, 0.4) is 0 Å². The van der Waals surface area contributed by atoms with Crippen LogP contribution in [-0.2, 0) is 0 Å². The number of hydrogen-bond donors (Lipinski definition) is 1. The highest BCUT2D eigenvalue weighted by molar-refractivity contribution is 4.97. The number of aliphatic hydroxyl groups is 1. The standard InChI is InChI=1S/C9H17NO/c1-3-8(2)6-10-5-4-9(11)7-10/h9,11H,2-7H2,1H3. The smallest absolute Gasteiger partial charge is 0.0679 e. The molecule has 0 saturated carbocycles. The zero-order chi connectivity index (χ0) is 8.27. The number of β-amino-alcohol motifs (C(OH)–C–C–N with tert-alkyl or cyclic N) is 1. The summed E-state index contributed by atoms with van der Waals surface area (Å²) in [7, 11) is 0. The summed E-state index contributed by atoms with van der Waals surface area (Å²) in [5, 5.41) is 9.21. The van der Waals surface area contributed by atoms with Gasteiger partial charge in [0.1, 0.15) is 0 Å². The normalized spacial score (nSPS) is 25.8. The summed E-state index contributed by atoms with van der Waals surface area (Å²) in [5.74, 6) is 0. The van der Waals surface area contributed by atoms with Crippen molar-refractivity contribution in [3.8, 4) is 0 Å². The first-order valence-electron chi connectivity index (χ1n) is 4.29. The molecule has 1 N–H and O–H groups in total. The third-order valence-electron chi connectivity index (χ3n) is 2.19. The molecule has 2 heteroatoms. The van der Waals surface area contributed by atoms with Crippen molar-refractivity contribution in [2.24, 2.45) is 0 Å². The van der Waals surface area contributed by atoms with E-state index in [2.05, 4.69) is 18.4 Å². The van der Waals surface area contributed by atoms with Crippen LogP contribution in [0.25, 0.3) is 0 Å². The molecule has 0 aromatic heterocycles. The average Bonchev–Trinajstić information content (AvgIpc) is 2.35. The lowest BCUT2D eigenvalue weighted by Crippen LogP contribution is -2.23. The van der Waals surface area contributed by atoms with Crippen molar-refractivity contribution in [3.63, 3.8) is 0 Å². The number of aliphatic hydroxyl groups excluding tert-OH is 1. The van der Waals surface area contributed by atoms with Crippen molar-refractivity contribution in [1.82, 2.24) is 4.90 Å². The van der Waals surface area contributed by atoms with Gasteiger partial charge in [-0.05, 0) is 12.8 Å². The minimum Gasteiger partial charge on any atom is -0.392 e. The van der Waals surface area contributed by atoms with Gasteiger partial charge in [-0.1, -0.05) is 19.1 Å². The van der Waals surface area contributed by atoms with Gasteiger partial charge < -0.3 is 5.11 Å². The lowest BCUT2D eigenvalue weighted by Gasteiger charge is -2.15. The molecule has 11 heavy (non-hydrogen) atoms. The van der Waals surface area contributed by atoms with Crippen LogP contribution >= 0.6 is 0 Å². The van der Waals surface area contributed by atoms with E-state index in [1.807, 2.05) is 0 Å². The second-order valence-electron chi connectivity index (χ2n) is 3.28. The molecule has 1 saturated heterocycles. The summed E-state index contributed by atoms with van der Waals surface area (Å²) < 4.78 is 0. The first-order valence-corrected chi connectivity index (χ1v) is 4.29. The third kappa shape index (κ3) is 2.64. The first kappa shape index (κ1) is 8.75. The van der Waals surface area contributed by atoms with Gasteiger partial charge in [0.05, 0.1) is 6.10 Å². The maximum absolute atomic E-state index is 9.21. The van der Waals surface area contributed by atoms with E-state index in [0.29, 0.717) is 0 Å². The van der Waals surface area contributed by atoms with Crippen molar-refractivity contribution in [2.75, 3.05) is 19.6 Å². The van der Waals surface area contributed by atoms with E-state index in [9.17, 15) is 5.11 Å². The highest BCUT2D eigenvalue weighted by Gasteiger charge is 2.19. The number of rotatable bonds is 3. The molecule has 0 bridgehead atoms. The monoisotopic (exact) mass is 155 g/mol. The predicted octanol–water partition coefficient (Wildman–Crippen LogP) is 1.02. The summed E-state index contributed by atoms with van der Waals surface area (Å²) in [6.07, 6.45) is 1.88. The summed E-state index contributed by atoms with van der Waals surface area (Å²) in [4.78, 5) is 2.26. The molecule has 1 aliphatic rings. The molecule has 0 amide bonds. The Kier molecular flexibility index (Phi) is 3.09. The molecular formula is C9H17NO. The van der Waals surface area contributed by atoms with Gasteiger partial charge in [0.25, 0.3) is 0 Å². The molecule has 0 spiro atoms. The molecule has 1 fully saturated rings. The Morgan fingerprint density at radius 2 is 2.45 bits per heavy atom. The van der Waals surface area contributed by atoms with E-state index in [-0.39, 0.29) is 6.10 Å². The van der Waals surface area contributed by atoms with Crippen molar-refractivity contribution in [1.29, 1.82) is 0 Å². The van der Waals surface area contributed by atoms with E-state index in [0.717, 1.165) is 32.5 Å². The fraction of sp³-hybridized carbons (Fsp3) is 0.778. The molecule has 1 unspecified atom stereocenters. The van der Waals surface area contributed by atoms with Gasteiger partial charge in [-0.15, -0.1) is 0 Å². The van der Waals surface area contributed by atoms with Crippen molar-refractivity contribution >= 4 is 0 Å². The van der Waals surface area contributed by atoms with Crippen LogP contribution in [0.15, 0.2) is 12.2 Å². The fourth-order valence-corrected chi connectivity index (χ4v) is 1.38. The SMILES string of the molecule is C=C(CC)CN1CCC(O)C1. The molecule has 1 rings (SSSR count). The van der Waals surface area contributed by atoms with Crippen molar-refractivity contribution in [2.45, 2.75) is 25.9 Å². The van der Waals surface area contributed by atoms with Crippen LogP contribution in [0, 0.1) is 0 Å². The minimum absolute atomic E-state index is 0.0975. The Morgan fingerprint density at radius 3 is 2.91 bits per heavy atom. The molecule has 1 atom stereocenters. The maximum atomic E-state index is 9.21. The number of likely N-dealkylation sites (tertiary alicyclic amines) is 1. The van der Waals surface area contributed by atoms with Crippen molar-refractivity contribution < 1.29 is 5.11 Å². The van der Waals surface area contributed by atoms with Crippen LogP contribution < -0.4 is 0 Å². The number of nitrogens with zero attached hydrogens (tertiary/aromatic N) is 1. The van der Waals surface area contributed by atoms with Crippen LogP contribution in [0.1, 0.15) is 19.8 Å². The molecule has 1 heterocycles. The topological polar surface area (TPSA) is 23.5 Å². The second-order valence-corrected chi connectivity index (χ2v) is 3.28. The van der Waals surface area contributed by atoms with Gasteiger partial charge >= 0.3 is 0 Å². The van der Waals surface area contributed by atoms with E-state index in [4.69, 9.17) is 0 Å². The molecule has 2 nitrogen and oxygen atoms in total. The summed E-state index contributed by atoms with van der Waals surface area (Å²) >= 11 is 0. The Bertz CT molecular complexity index is 144. The van der Waals surface area contributed by atoms with Gasteiger partial charge in [0.2, 0.25) is 0 Å². The molecular weight excluding hydrogens is 138 g/mol. The highest BCUT2D eigenvalue weighted by atomic mass is 16.3. The predicted molar refractivity (Wildman–Crippen MR) is 46.5 cm³/mol. The maximum Gasteiger partial charge on any atom is 0.0679 e. The van der Waals surface area contributed by atoms with Crippen LogP contribution in [0.4, 0.5) is 0 Å². The molecule has 64 valence electrons. The van der Waals surface area contributed by atoms with Gasteiger partial charge in [-0.3, -0.25) is 4.90 Å². The second kappa shape index (κ2) is 3.88. The minimum atomic E-state index is -0.0975. The van der Waals surface area contributed by atoms with Crippen LogP contribution in [0.5, 0.6) is 0 Å². The number of hydrogen-bond acceptors (Lipinski definition) is 2. The lowest BCUT2D eigenvalue weighted by molar-refractivity contribution is 0.179. The van der Waals surface area contributed by atoms with Crippen LogP contribution in [-0.4, -0.2) is 35.7 Å². The molecule has 0 aromatic rings. The van der Waals surface area contributed by atoms with Crippen molar-refractivity contribution in [3.05, 3.63) is 12.2 Å². The Balaban J connectivity index is 2.23. The zero-order valence-corrected chi connectivity index (χ0v) is 7.21. The van der Waals surface area contributed by atoms with E-state index in [1.54, 1.807) is 0 Å². The summed E-state index contributed by atoms with van der Waals surface area (Å²) in [6.45, 7) is 8.88. The molecule has 0 aromatic carbocycles. The first-order chi connectivity index (χ1) is 5.22. The highest BCUT2D eigenvalue weighted by Crippen LogP contribution is 2.11. The van der Waals surface area contributed by atoms with Gasteiger partial charge in [-0.25, -0.2) is 0 Å². The zero-order valence-electron chi connectivity index (χ0n) is 7.21. The lowest BCUT2D eigenvalue weighted by atomic mass is 10.2. The van der Waals surface area contributed by atoms with Gasteiger partial charge in [-0.2, -0.15) is 0 Å². The Morgan fingerprint density at radius 1 is 1.73 bits per heavy atom. The van der Waals surface area contributed by atoms with Crippen LogP contribution in [0.2, 0.25) is 0 Å².